The molecule has 1 amide bonds. The zero-order chi connectivity index (χ0) is 19.5. The van der Waals surface area contributed by atoms with Gasteiger partial charge in [0.2, 0.25) is 0 Å². The van der Waals surface area contributed by atoms with Crippen molar-refractivity contribution in [2.75, 3.05) is 13.7 Å². The summed E-state index contributed by atoms with van der Waals surface area (Å²) in [6.45, 7) is 0.660. The van der Waals surface area contributed by atoms with Gasteiger partial charge in [-0.1, -0.05) is 30.3 Å². The largest absolute Gasteiger partial charge is 0.497 e. The number of carbonyl (C=O) groups is 1. The Morgan fingerprint density at radius 1 is 1.07 bits per heavy atom. The maximum atomic E-state index is 13.2. The van der Waals surface area contributed by atoms with Crippen molar-refractivity contribution in [1.82, 2.24) is 14.7 Å². The highest BCUT2D eigenvalue weighted by Gasteiger charge is 2.31. The molecule has 142 valence electrons. The second kappa shape index (κ2) is 7.68. The molecule has 1 aliphatic heterocycles. The number of carbonyl (C=O) groups excluding carboxylic acids is 1. The Morgan fingerprint density at radius 3 is 2.68 bits per heavy atom. The molecule has 2 aromatic carbocycles. The molecule has 0 saturated carbocycles. The number of likely N-dealkylation sites (tertiary alicyclic amines) is 1. The summed E-state index contributed by atoms with van der Waals surface area (Å²) in [6.07, 6.45) is 1.81. The molecule has 0 aliphatic carbocycles. The van der Waals surface area contributed by atoms with E-state index in [1.165, 1.54) is 16.8 Å². The van der Waals surface area contributed by atoms with Gasteiger partial charge in [-0.3, -0.25) is 9.59 Å². The van der Waals surface area contributed by atoms with Crippen molar-refractivity contribution in [2.24, 2.45) is 0 Å². The molecule has 3 aromatic rings. The molecular weight excluding hydrogens is 354 g/mol. The van der Waals surface area contributed by atoms with Gasteiger partial charge in [0.15, 0.2) is 0 Å². The zero-order valence-corrected chi connectivity index (χ0v) is 15.6. The van der Waals surface area contributed by atoms with Gasteiger partial charge in [0, 0.05) is 12.6 Å². The van der Waals surface area contributed by atoms with E-state index in [1.807, 2.05) is 47.4 Å². The van der Waals surface area contributed by atoms with Gasteiger partial charge in [-0.05, 0) is 48.7 Å². The Labute approximate surface area is 163 Å². The van der Waals surface area contributed by atoms with Crippen molar-refractivity contribution in [2.45, 2.75) is 18.9 Å². The van der Waals surface area contributed by atoms with Gasteiger partial charge in [-0.15, -0.1) is 0 Å². The smallest absolute Gasteiger partial charge is 0.274 e. The minimum absolute atomic E-state index is 0.0264. The summed E-state index contributed by atoms with van der Waals surface area (Å²) in [5.41, 5.74) is 1.67. The minimum atomic E-state index is -0.270. The third kappa shape index (κ3) is 3.41. The van der Waals surface area contributed by atoms with E-state index in [9.17, 15) is 9.59 Å². The van der Waals surface area contributed by atoms with Gasteiger partial charge in [0.1, 0.15) is 11.4 Å². The van der Waals surface area contributed by atoms with Crippen LogP contribution in [0.4, 0.5) is 0 Å². The molecule has 28 heavy (non-hydrogen) atoms. The number of benzene rings is 2. The third-order valence-corrected chi connectivity index (χ3v) is 5.01. The highest BCUT2D eigenvalue weighted by molar-refractivity contribution is 5.92. The van der Waals surface area contributed by atoms with E-state index in [2.05, 4.69) is 5.10 Å². The average Bonchev–Trinajstić information content (AvgIpc) is 3.24. The van der Waals surface area contributed by atoms with Crippen molar-refractivity contribution >= 4 is 5.91 Å². The molecule has 1 aromatic heterocycles. The summed E-state index contributed by atoms with van der Waals surface area (Å²) in [5.74, 6) is 0.600. The quantitative estimate of drug-likeness (QED) is 0.702. The van der Waals surface area contributed by atoms with Gasteiger partial charge in [0.05, 0.1) is 18.8 Å². The van der Waals surface area contributed by atoms with E-state index in [0.29, 0.717) is 12.2 Å². The first-order valence-electron chi connectivity index (χ1n) is 9.28. The van der Waals surface area contributed by atoms with Crippen molar-refractivity contribution < 1.29 is 9.53 Å². The Hall–Kier alpha value is -3.41. The van der Waals surface area contributed by atoms with Crippen LogP contribution in [0, 0.1) is 0 Å². The van der Waals surface area contributed by atoms with Crippen LogP contribution in [0.15, 0.2) is 71.5 Å². The van der Waals surface area contributed by atoms with Gasteiger partial charge in [0.25, 0.3) is 11.5 Å². The molecule has 4 rings (SSSR count). The Balaban J connectivity index is 1.66. The summed E-state index contributed by atoms with van der Waals surface area (Å²) in [4.78, 5) is 27.3. The van der Waals surface area contributed by atoms with E-state index in [-0.39, 0.29) is 23.2 Å². The number of hydrogen-bond donors (Lipinski definition) is 0. The van der Waals surface area contributed by atoms with Crippen LogP contribution < -0.4 is 10.3 Å². The van der Waals surface area contributed by atoms with Gasteiger partial charge in [-0.2, -0.15) is 9.78 Å². The maximum Gasteiger partial charge on any atom is 0.274 e. The van der Waals surface area contributed by atoms with Gasteiger partial charge < -0.3 is 9.64 Å². The van der Waals surface area contributed by atoms with E-state index < -0.39 is 0 Å². The summed E-state index contributed by atoms with van der Waals surface area (Å²) in [7, 11) is 1.63. The summed E-state index contributed by atoms with van der Waals surface area (Å²) >= 11 is 0. The normalized spacial score (nSPS) is 16.2. The number of aromatic nitrogens is 2. The first-order valence-corrected chi connectivity index (χ1v) is 9.28. The fourth-order valence-electron chi connectivity index (χ4n) is 3.63. The number of rotatable bonds is 4. The highest BCUT2D eigenvalue weighted by Crippen LogP contribution is 2.34. The predicted octanol–water partition coefficient (Wildman–Crippen LogP) is 3.22. The monoisotopic (exact) mass is 375 g/mol. The topological polar surface area (TPSA) is 64.4 Å². The molecule has 0 bridgehead atoms. The minimum Gasteiger partial charge on any atom is -0.497 e. The standard InChI is InChI=1S/C22H21N3O3/c1-28-18-10-5-7-16(15-18)20-11-6-14-24(20)22(27)19-12-13-21(26)25(23-19)17-8-3-2-4-9-17/h2-5,7-10,12-13,15,20H,6,11,14H2,1H3. The van der Waals surface area contributed by atoms with Crippen LogP contribution in [0.1, 0.15) is 34.9 Å². The Bertz CT molecular complexity index is 1050. The Kier molecular flexibility index (Phi) is 4.93. The number of amides is 1. The molecule has 6 heteroatoms. The molecule has 1 atom stereocenters. The van der Waals surface area contributed by atoms with E-state index >= 15 is 0 Å². The lowest BCUT2D eigenvalue weighted by atomic mass is 10.0. The predicted molar refractivity (Wildman–Crippen MR) is 106 cm³/mol. The van der Waals surface area contributed by atoms with Crippen LogP contribution in [0.5, 0.6) is 5.75 Å². The fraction of sp³-hybridized carbons (Fsp3) is 0.227. The first kappa shape index (κ1) is 18.0. The van der Waals surface area contributed by atoms with Crippen LogP contribution >= 0.6 is 0 Å². The summed E-state index contributed by atoms with van der Waals surface area (Å²) in [6, 6.07) is 19.8. The average molecular weight is 375 g/mol. The lowest BCUT2D eigenvalue weighted by molar-refractivity contribution is 0.0727. The number of methoxy groups -OCH3 is 1. The molecule has 1 saturated heterocycles. The van der Waals surface area contributed by atoms with Gasteiger partial charge >= 0.3 is 0 Å². The second-order valence-electron chi connectivity index (χ2n) is 6.74. The number of ether oxygens (including phenoxy) is 1. The molecule has 6 nitrogen and oxygen atoms in total. The summed E-state index contributed by atoms with van der Waals surface area (Å²) < 4.78 is 6.59. The molecule has 1 aliphatic rings. The zero-order valence-electron chi connectivity index (χ0n) is 15.6. The highest BCUT2D eigenvalue weighted by atomic mass is 16.5. The summed E-state index contributed by atoms with van der Waals surface area (Å²) in [5, 5.41) is 4.34. The van der Waals surface area contributed by atoms with Crippen LogP contribution in [0.3, 0.4) is 0 Å². The molecule has 1 unspecified atom stereocenters. The maximum absolute atomic E-state index is 13.2. The van der Waals surface area contributed by atoms with Gasteiger partial charge in [-0.25, -0.2) is 0 Å². The molecule has 0 spiro atoms. The first-order chi connectivity index (χ1) is 13.7. The van der Waals surface area contributed by atoms with Crippen LogP contribution in [0.2, 0.25) is 0 Å². The fourth-order valence-corrected chi connectivity index (χ4v) is 3.63. The van der Waals surface area contributed by atoms with Crippen LogP contribution in [-0.2, 0) is 0 Å². The molecule has 0 radical (unpaired) electrons. The van der Waals surface area contributed by atoms with Crippen LogP contribution in [-0.4, -0.2) is 34.2 Å². The SMILES string of the molecule is COc1cccc(C2CCCN2C(=O)c2ccc(=O)n(-c3ccccc3)n2)c1. The van der Waals surface area contributed by atoms with Crippen molar-refractivity contribution in [1.29, 1.82) is 0 Å². The van der Waals surface area contributed by atoms with E-state index in [4.69, 9.17) is 4.74 Å². The lowest BCUT2D eigenvalue weighted by Crippen LogP contribution is -2.33. The van der Waals surface area contributed by atoms with E-state index in [0.717, 1.165) is 24.2 Å². The van der Waals surface area contributed by atoms with E-state index in [1.54, 1.807) is 19.2 Å². The van der Waals surface area contributed by atoms with Crippen molar-refractivity contribution in [3.8, 4) is 11.4 Å². The Morgan fingerprint density at radius 2 is 1.89 bits per heavy atom. The molecule has 1 fully saturated rings. The van der Waals surface area contributed by atoms with Crippen LogP contribution in [0.25, 0.3) is 5.69 Å². The van der Waals surface area contributed by atoms with Crippen molar-refractivity contribution in [3.63, 3.8) is 0 Å². The second-order valence-corrected chi connectivity index (χ2v) is 6.74. The molecule has 2 heterocycles. The number of nitrogens with zero attached hydrogens (tertiary/aromatic N) is 3. The molecular formula is C22H21N3O3. The number of para-hydroxylation sites is 1. The van der Waals surface area contributed by atoms with Crippen molar-refractivity contribution in [3.05, 3.63) is 88.3 Å². The third-order valence-electron chi connectivity index (χ3n) is 5.01. The molecule has 0 N–H and O–H groups in total. The lowest BCUT2D eigenvalue weighted by Gasteiger charge is -2.25. The number of hydrogen-bond acceptors (Lipinski definition) is 4.